The number of carbonyl (C=O) groups is 1. The van der Waals surface area contributed by atoms with Gasteiger partial charge < -0.3 is 19.1 Å². The Morgan fingerprint density at radius 3 is 2.20 bits per heavy atom. The molecule has 0 atom stereocenters. The average molecular weight is 547 g/mol. The lowest BCUT2D eigenvalue weighted by Gasteiger charge is -2.34. The lowest BCUT2D eigenvalue weighted by molar-refractivity contribution is -0.137. The van der Waals surface area contributed by atoms with Gasteiger partial charge in [0.05, 0.1) is 23.6 Å². The maximum absolute atomic E-state index is 14.0. The monoisotopic (exact) mass is 546 g/mol. The Bertz CT molecular complexity index is 1240. The van der Waals surface area contributed by atoms with Gasteiger partial charge in [-0.3, -0.25) is 4.79 Å². The quantitative estimate of drug-likeness (QED) is 0.245. The maximum atomic E-state index is 14.0. The van der Waals surface area contributed by atoms with E-state index < -0.39 is 5.41 Å². The van der Waals surface area contributed by atoms with Crippen LogP contribution in [0.15, 0.2) is 42.5 Å². The highest BCUT2D eigenvalue weighted by Crippen LogP contribution is 2.32. The van der Waals surface area contributed by atoms with Gasteiger partial charge in [-0.2, -0.15) is 0 Å². The molecule has 0 saturated carbocycles. The van der Waals surface area contributed by atoms with Crippen LogP contribution in [0, 0.1) is 11.8 Å². The number of piperidine rings is 1. The van der Waals surface area contributed by atoms with Gasteiger partial charge in [0, 0.05) is 25.2 Å². The summed E-state index contributed by atoms with van der Waals surface area (Å²) in [7, 11) is 1.69. The first-order valence-electron chi connectivity index (χ1n) is 15.3. The van der Waals surface area contributed by atoms with Gasteiger partial charge in [0.2, 0.25) is 5.91 Å². The van der Waals surface area contributed by atoms with Gasteiger partial charge in [-0.15, -0.1) is 0 Å². The zero-order valence-electron chi connectivity index (χ0n) is 25.9. The number of hydrogen-bond donors (Lipinski definition) is 0. The molecule has 1 amide bonds. The number of nitrogens with zero attached hydrogens (tertiary/aromatic N) is 4. The van der Waals surface area contributed by atoms with Crippen molar-refractivity contribution in [2.75, 3.05) is 39.8 Å². The molecule has 3 aromatic rings. The third kappa shape index (κ3) is 7.06. The summed E-state index contributed by atoms with van der Waals surface area (Å²) in [6.07, 6.45) is 5.04. The molecule has 2 heterocycles. The molecular weight excluding hydrogens is 496 g/mol. The number of benzene rings is 2. The van der Waals surface area contributed by atoms with Crippen molar-refractivity contribution >= 4 is 16.9 Å². The summed E-state index contributed by atoms with van der Waals surface area (Å²) in [5, 5.41) is 0. The molecule has 1 fully saturated rings. The largest absolute Gasteiger partial charge is 0.497 e. The van der Waals surface area contributed by atoms with E-state index in [0.717, 1.165) is 66.3 Å². The first kappa shape index (κ1) is 30.1. The second kappa shape index (κ2) is 13.2. The summed E-state index contributed by atoms with van der Waals surface area (Å²) >= 11 is 0. The standard InChI is InChI=1S/C34H50N4O2/c1-25(2)23-37(24-26(3)4)33(39)34(5,6)28-14-17-30-31(22-28)38(21-11-20-36-18-9-8-10-19-36)32(35-30)27-12-15-29(40-7)16-13-27/h12-17,22,25-26H,8-11,18-21,23-24H2,1-7H3. The van der Waals surface area contributed by atoms with Gasteiger partial charge in [0.1, 0.15) is 11.6 Å². The van der Waals surface area contributed by atoms with Gasteiger partial charge in [-0.25, -0.2) is 4.98 Å². The number of imidazole rings is 1. The molecule has 6 heteroatoms. The van der Waals surface area contributed by atoms with E-state index >= 15 is 0 Å². The molecular formula is C34H50N4O2. The molecule has 1 aromatic heterocycles. The number of methoxy groups -OCH3 is 1. The number of likely N-dealkylation sites (tertiary alicyclic amines) is 1. The molecule has 1 saturated heterocycles. The van der Waals surface area contributed by atoms with Crippen LogP contribution in [0.5, 0.6) is 5.75 Å². The smallest absolute Gasteiger partial charge is 0.232 e. The van der Waals surface area contributed by atoms with Gasteiger partial charge >= 0.3 is 0 Å². The zero-order valence-corrected chi connectivity index (χ0v) is 25.9. The normalized spacial score (nSPS) is 14.8. The van der Waals surface area contributed by atoms with E-state index in [-0.39, 0.29) is 5.91 Å². The molecule has 0 unspecified atom stereocenters. The molecule has 0 aliphatic carbocycles. The minimum Gasteiger partial charge on any atom is -0.497 e. The van der Waals surface area contributed by atoms with Crippen molar-refractivity contribution in [1.29, 1.82) is 0 Å². The zero-order chi connectivity index (χ0) is 28.9. The number of hydrogen-bond acceptors (Lipinski definition) is 4. The molecule has 1 aliphatic rings. The number of ether oxygens (including phenoxy) is 1. The maximum Gasteiger partial charge on any atom is 0.232 e. The van der Waals surface area contributed by atoms with Crippen LogP contribution in [0.25, 0.3) is 22.4 Å². The Labute approximate surface area is 241 Å². The Morgan fingerprint density at radius 1 is 0.950 bits per heavy atom. The molecule has 2 aromatic carbocycles. The SMILES string of the molecule is COc1ccc(-c2nc3ccc(C(C)(C)C(=O)N(CC(C)C)CC(C)C)cc3n2CCCN2CCCCC2)cc1. The van der Waals surface area contributed by atoms with Crippen LogP contribution < -0.4 is 4.74 Å². The van der Waals surface area contributed by atoms with Crippen molar-refractivity contribution < 1.29 is 9.53 Å². The number of fused-ring (bicyclic) bond motifs is 1. The molecule has 0 radical (unpaired) electrons. The van der Waals surface area contributed by atoms with E-state index in [4.69, 9.17) is 9.72 Å². The highest BCUT2D eigenvalue weighted by molar-refractivity contribution is 5.90. The second-order valence-corrected chi connectivity index (χ2v) is 12.9. The number of amides is 1. The lowest BCUT2D eigenvalue weighted by Crippen LogP contribution is -2.46. The number of aryl methyl sites for hydroxylation is 1. The molecule has 1 aliphatic heterocycles. The van der Waals surface area contributed by atoms with Gasteiger partial charge in [-0.1, -0.05) is 40.2 Å². The Hall–Kier alpha value is -2.86. The molecule has 218 valence electrons. The van der Waals surface area contributed by atoms with Crippen molar-refractivity contribution in [2.45, 2.75) is 79.2 Å². The molecule has 0 spiro atoms. The molecule has 40 heavy (non-hydrogen) atoms. The van der Waals surface area contributed by atoms with E-state index in [9.17, 15) is 4.79 Å². The second-order valence-electron chi connectivity index (χ2n) is 12.9. The summed E-state index contributed by atoms with van der Waals surface area (Å²) in [6, 6.07) is 14.6. The Kier molecular flexibility index (Phi) is 9.94. The summed E-state index contributed by atoms with van der Waals surface area (Å²) < 4.78 is 7.77. The number of aromatic nitrogens is 2. The fraction of sp³-hybridized carbons (Fsp3) is 0.588. The van der Waals surface area contributed by atoms with Gasteiger partial charge in [-0.05, 0) is 107 Å². The van der Waals surface area contributed by atoms with Crippen LogP contribution in [-0.4, -0.2) is 65.1 Å². The summed E-state index contributed by atoms with van der Waals surface area (Å²) in [6.45, 7) is 18.8. The fourth-order valence-electron chi connectivity index (χ4n) is 5.97. The van der Waals surface area contributed by atoms with Crippen molar-refractivity contribution in [1.82, 2.24) is 19.4 Å². The predicted octanol–water partition coefficient (Wildman–Crippen LogP) is 7.01. The lowest BCUT2D eigenvalue weighted by atomic mass is 9.82. The van der Waals surface area contributed by atoms with Crippen LogP contribution in [0.4, 0.5) is 0 Å². The topological polar surface area (TPSA) is 50.6 Å². The minimum atomic E-state index is -0.638. The van der Waals surface area contributed by atoms with Gasteiger partial charge in [0.25, 0.3) is 0 Å². The summed E-state index contributed by atoms with van der Waals surface area (Å²) in [5.41, 5.74) is 3.55. The molecule has 0 N–H and O–H groups in total. The molecule has 6 nitrogen and oxygen atoms in total. The highest BCUT2D eigenvalue weighted by Gasteiger charge is 2.35. The van der Waals surface area contributed by atoms with Gasteiger partial charge in [0.15, 0.2) is 0 Å². The van der Waals surface area contributed by atoms with Crippen LogP contribution in [0.3, 0.4) is 0 Å². The summed E-state index contributed by atoms with van der Waals surface area (Å²) in [4.78, 5) is 23.7. The van der Waals surface area contributed by atoms with Crippen molar-refractivity contribution in [3.05, 3.63) is 48.0 Å². The van der Waals surface area contributed by atoms with Crippen LogP contribution in [-0.2, 0) is 16.8 Å². The van der Waals surface area contributed by atoms with Crippen LogP contribution >= 0.6 is 0 Å². The Balaban J connectivity index is 1.70. The van der Waals surface area contributed by atoms with Crippen LogP contribution in [0.1, 0.15) is 72.8 Å². The van der Waals surface area contributed by atoms with E-state index in [1.54, 1.807) is 7.11 Å². The predicted molar refractivity (Wildman–Crippen MR) is 166 cm³/mol. The van der Waals surface area contributed by atoms with E-state index in [1.807, 2.05) is 12.1 Å². The van der Waals surface area contributed by atoms with Crippen molar-refractivity contribution in [3.63, 3.8) is 0 Å². The first-order chi connectivity index (χ1) is 19.1. The molecule has 4 rings (SSSR count). The minimum absolute atomic E-state index is 0.195. The first-order valence-corrected chi connectivity index (χ1v) is 15.3. The number of rotatable bonds is 12. The Morgan fingerprint density at radius 2 is 1.60 bits per heavy atom. The summed E-state index contributed by atoms with van der Waals surface area (Å²) in [5.74, 6) is 2.86. The fourth-order valence-corrected chi connectivity index (χ4v) is 5.97. The van der Waals surface area contributed by atoms with E-state index in [1.165, 1.54) is 32.4 Å². The average Bonchev–Trinajstić information content (AvgIpc) is 3.30. The third-order valence-electron chi connectivity index (χ3n) is 8.12. The third-order valence-corrected chi connectivity index (χ3v) is 8.12. The van der Waals surface area contributed by atoms with E-state index in [0.29, 0.717) is 11.8 Å². The van der Waals surface area contributed by atoms with Crippen molar-refractivity contribution in [2.24, 2.45) is 11.8 Å². The van der Waals surface area contributed by atoms with Crippen molar-refractivity contribution in [3.8, 4) is 17.1 Å². The van der Waals surface area contributed by atoms with Crippen LogP contribution in [0.2, 0.25) is 0 Å². The molecule has 0 bridgehead atoms. The number of carbonyl (C=O) groups excluding carboxylic acids is 1. The highest BCUT2D eigenvalue weighted by atomic mass is 16.5. The van der Waals surface area contributed by atoms with E-state index in [2.05, 4.69) is 86.2 Å².